The van der Waals surface area contributed by atoms with Gasteiger partial charge in [-0.05, 0) is 37.1 Å². The molecule has 1 N–H and O–H groups in total. The van der Waals surface area contributed by atoms with Crippen molar-refractivity contribution in [1.82, 2.24) is 5.32 Å². The second-order valence-electron chi connectivity index (χ2n) is 7.84. The number of carbonyl (C=O) groups is 1. The van der Waals surface area contributed by atoms with E-state index >= 15 is 0 Å². The van der Waals surface area contributed by atoms with Crippen LogP contribution in [0.5, 0.6) is 11.5 Å². The van der Waals surface area contributed by atoms with Crippen LogP contribution < -0.4 is 14.8 Å². The molecule has 0 unspecified atom stereocenters. The maximum absolute atomic E-state index is 12.6. The Bertz CT molecular complexity index is 1320. The lowest BCUT2D eigenvalue weighted by Crippen LogP contribution is -2.20. The summed E-state index contributed by atoms with van der Waals surface area (Å²) in [6, 6.07) is 19.7. The van der Waals surface area contributed by atoms with Crippen molar-refractivity contribution in [2.75, 3.05) is 14.2 Å². The fourth-order valence-electron chi connectivity index (χ4n) is 4.06. The first-order valence-electron chi connectivity index (χ1n) is 10.8. The van der Waals surface area contributed by atoms with E-state index in [9.17, 15) is 4.79 Å². The van der Waals surface area contributed by atoms with Crippen LogP contribution in [0.15, 0.2) is 77.4 Å². The second-order valence-corrected chi connectivity index (χ2v) is 7.84. The third-order valence-corrected chi connectivity index (χ3v) is 5.73. The number of allylic oxidation sites excluding steroid dienone is 1. The van der Waals surface area contributed by atoms with Crippen LogP contribution in [0.2, 0.25) is 0 Å². The van der Waals surface area contributed by atoms with E-state index in [1.54, 1.807) is 26.6 Å². The number of amides is 1. The van der Waals surface area contributed by atoms with Gasteiger partial charge >= 0.3 is 0 Å². The number of hydrogen-bond donors (Lipinski definition) is 1. The highest BCUT2D eigenvalue weighted by Crippen LogP contribution is 2.42. The van der Waals surface area contributed by atoms with E-state index in [1.165, 1.54) is 0 Å². The highest BCUT2D eigenvalue weighted by Gasteiger charge is 2.20. The number of ether oxygens (including phenoxy) is 2. The summed E-state index contributed by atoms with van der Waals surface area (Å²) >= 11 is 0. The van der Waals surface area contributed by atoms with Gasteiger partial charge < -0.3 is 19.2 Å². The van der Waals surface area contributed by atoms with E-state index in [1.807, 2.05) is 74.5 Å². The number of aryl methyl sites for hydroxylation is 1. The minimum absolute atomic E-state index is 0.159. The number of nitrogens with one attached hydrogen (secondary N) is 1. The van der Waals surface area contributed by atoms with Gasteiger partial charge in [-0.15, -0.1) is 0 Å². The van der Waals surface area contributed by atoms with E-state index in [2.05, 4.69) is 5.32 Å². The summed E-state index contributed by atoms with van der Waals surface area (Å²) in [6.45, 7) is 4.34. The summed E-state index contributed by atoms with van der Waals surface area (Å²) in [6.07, 6.45) is 3.35. The van der Waals surface area contributed by atoms with Crippen molar-refractivity contribution in [2.24, 2.45) is 0 Å². The van der Waals surface area contributed by atoms with Gasteiger partial charge in [-0.3, -0.25) is 4.79 Å². The molecule has 1 heterocycles. The highest BCUT2D eigenvalue weighted by atomic mass is 16.5. The third-order valence-electron chi connectivity index (χ3n) is 5.73. The molecule has 0 bridgehead atoms. The molecule has 168 valence electrons. The van der Waals surface area contributed by atoms with Crippen molar-refractivity contribution in [3.05, 3.63) is 89.7 Å². The van der Waals surface area contributed by atoms with Gasteiger partial charge in [0.15, 0.2) is 0 Å². The van der Waals surface area contributed by atoms with Crippen molar-refractivity contribution in [3.63, 3.8) is 0 Å². The van der Waals surface area contributed by atoms with Crippen molar-refractivity contribution >= 4 is 22.4 Å². The number of para-hydroxylation sites is 1. The molecule has 0 aliphatic heterocycles. The van der Waals surface area contributed by atoms with Crippen LogP contribution in [0.25, 0.3) is 27.7 Å². The Morgan fingerprint density at radius 3 is 2.45 bits per heavy atom. The molecule has 0 saturated heterocycles. The smallest absolute Gasteiger partial charge is 0.244 e. The first-order valence-corrected chi connectivity index (χ1v) is 10.8. The number of methoxy groups -OCH3 is 2. The number of hydrogen-bond acceptors (Lipinski definition) is 4. The van der Waals surface area contributed by atoms with E-state index in [0.717, 1.165) is 50.1 Å². The number of fused-ring (bicyclic) bond motifs is 1. The predicted octanol–water partition coefficient (Wildman–Crippen LogP) is 6.15. The van der Waals surface area contributed by atoms with Crippen molar-refractivity contribution in [1.29, 1.82) is 0 Å². The summed E-state index contributed by atoms with van der Waals surface area (Å²) < 4.78 is 17.2. The number of carbonyl (C=O) groups excluding carboxylic acids is 1. The summed E-state index contributed by atoms with van der Waals surface area (Å²) in [7, 11) is 3.28. The Labute approximate surface area is 193 Å². The minimum Gasteiger partial charge on any atom is -0.496 e. The SMILES string of the molecule is COc1ccccc1-c1coc2c(C)c(OC)c(/C(C)=C/C(=O)NCc3ccccc3)cc12. The van der Waals surface area contributed by atoms with Gasteiger partial charge in [0.2, 0.25) is 5.91 Å². The van der Waals surface area contributed by atoms with E-state index in [4.69, 9.17) is 13.9 Å². The van der Waals surface area contributed by atoms with Crippen LogP contribution in [-0.2, 0) is 11.3 Å². The van der Waals surface area contributed by atoms with E-state index < -0.39 is 0 Å². The zero-order chi connectivity index (χ0) is 23.4. The first kappa shape index (κ1) is 22.2. The Balaban J connectivity index is 1.73. The summed E-state index contributed by atoms with van der Waals surface area (Å²) in [5, 5.41) is 3.88. The molecule has 4 aromatic rings. The van der Waals surface area contributed by atoms with Crippen LogP contribution in [0.1, 0.15) is 23.6 Å². The molecular formula is C28H27NO4. The van der Waals surface area contributed by atoms with Crippen LogP contribution in [0.4, 0.5) is 0 Å². The van der Waals surface area contributed by atoms with Gasteiger partial charge in [-0.1, -0.05) is 48.5 Å². The molecule has 33 heavy (non-hydrogen) atoms. The van der Waals surface area contributed by atoms with Crippen LogP contribution in [0, 0.1) is 6.92 Å². The minimum atomic E-state index is -0.159. The number of furan rings is 1. The molecule has 4 rings (SSSR count). The number of benzene rings is 3. The van der Waals surface area contributed by atoms with Crippen molar-refractivity contribution < 1.29 is 18.7 Å². The molecule has 0 aliphatic rings. The van der Waals surface area contributed by atoms with Crippen LogP contribution in [0.3, 0.4) is 0 Å². The van der Waals surface area contributed by atoms with Gasteiger partial charge in [0, 0.05) is 40.3 Å². The fourth-order valence-corrected chi connectivity index (χ4v) is 4.06. The Hall–Kier alpha value is -3.99. The van der Waals surface area contributed by atoms with Gasteiger partial charge in [-0.25, -0.2) is 0 Å². The Morgan fingerprint density at radius 1 is 1.00 bits per heavy atom. The second kappa shape index (κ2) is 9.65. The summed E-state index contributed by atoms with van der Waals surface area (Å²) in [5.41, 5.74) is 6.19. The van der Waals surface area contributed by atoms with Gasteiger partial charge in [0.05, 0.1) is 20.5 Å². The number of rotatable bonds is 7. The molecule has 0 radical (unpaired) electrons. The van der Waals surface area contributed by atoms with Crippen LogP contribution >= 0.6 is 0 Å². The average Bonchev–Trinajstić information content (AvgIpc) is 3.27. The van der Waals surface area contributed by atoms with E-state index in [-0.39, 0.29) is 5.91 Å². The lowest BCUT2D eigenvalue weighted by atomic mass is 9.96. The largest absolute Gasteiger partial charge is 0.496 e. The molecule has 5 nitrogen and oxygen atoms in total. The zero-order valence-corrected chi connectivity index (χ0v) is 19.3. The maximum Gasteiger partial charge on any atom is 0.244 e. The molecule has 0 fully saturated rings. The molecule has 5 heteroatoms. The predicted molar refractivity (Wildman–Crippen MR) is 131 cm³/mol. The lowest BCUT2D eigenvalue weighted by molar-refractivity contribution is -0.116. The molecule has 0 atom stereocenters. The van der Waals surface area contributed by atoms with Crippen LogP contribution in [-0.4, -0.2) is 20.1 Å². The molecule has 0 aliphatic carbocycles. The molecule has 3 aromatic carbocycles. The maximum atomic E-state index is 12.6. The Morgan fingerprint density at radius 2 is 1.73 bits per heavy atom. The standard InChI is InChI=1S/C28H27NO4/c1-18(14-26(30)29-16-20-10-6-5-7-11-20)22-15-23-24(21-12-8-9-13-25(21)31-3)17-33-28(23)19(2)27(22)32-4/h5-15,17H,16H2,1-4H3,(H,29,30)/b18-14+. The average molecular weight is 442 g/mol. The summed E-state index contributed by atoms with van der Waals surface area (Å²) in [4.78, 5) is 12.6. The van der Waals surface area contributed by atoms with Gasteiger partial charge in [0.1, 0.15) is 17.1 Å². The zero-order valence-electron chi connectivity index (χ0n) is 19.3. The molecular weight excluding hydrogens is 414 g/mol. The van der Waals surface area contributed by atoms with E-state index in [0.29, 0.717) is 12.3 Å². The normalized spacial score (nSPS) is 11.5. The van der Waals surface area contributed by atoms with Crippen molar-refractivity contribution in [2.45, 2.75) is 20.4 Å². The van der Waals surface area contributed by atoms with Crippen molar-refractivity contribution in [3.8, 4) is 22.6 Å². The molecule has 0 saturated carbocycles. The van der Waals surface area contributed by atoms with Gasteiger partial charge in [0.25, 0.3) is 0 Å². The third kappa shape index (κ3) is 4.48. The monoisotopic (exact) mass is 441 g/mol. The summed E-state index contributed by atoms with van der Waals surface area (Å²) in [5.74, 6) is 1.30. The highest BCUT2D eigenvalue weighted by molar-refractivity contribution is 6.02. The first-order chi connectivity index (χ1) is 16.0. The molecule has 1 amide bonds. The molecule has 1 aromatic heterocycles. The lowest BCUT2D eigenvalue weighted by Gasteiger charge is -2.14. The fraction of sp³-hybridized carbons (Fsp3) is 0.179. The quantitative estimate of drug-likeness (QED) is 0.350. The van der Waals surface area contributed by atoms with Gasteiger partial charge in [-0.2, -0.15) is 0 Å². The topological polar surface area (TPSA) is 60.7 Å². The Kier molecular flexibility index (Phi) is 6.50. The molecule has 0 spiro atoms.